The van der Waals surface area contributed by atoms with Crippen molar-refractivity contribution in [2.24, 2.45) is 0 Å². The number of ether oxygens (including phenoxy) is 2. The summed E-state index contributed by atoms with van der Waals surface area (Å²) in [6.07, 6.45) is 1.69. The van der Waals surface area contributed by atoms with Gasteiger partial charge in [-0.05, 0) is 42.8 Å². The van der Waals surface area contributed by atoms with Crippen molar-refractivity contribution in [2.45, 2.75) is 19.8 Å². The number of fused-ring (bicyclic) bond motifs is 2. The fraction of sp³-hybridized carbons (Fsp3) is 0.143. The topological polar surface area (TPSA) is 84.4 Å². The highest BCUT2D eigenvalue weighted by Gasteiger charge is 2.19. The summed E-state index contributed by atoms with van der Waals surface area (Å²) in [5.41, 5.74) is 4.42. The van der Waals surface area contributed by atoms with Gasteiger partial charge in [0.05, 0.1) is 17.8 Å². The highest BCUT2D eigenvalue weighted by atomic mass is 16.7. The summed E-state index contributed by atoms with van der Waals surface area (Å²) in [5, 5.41) is 12.4. The lowest BCUT2D eigenvalue weighted by Crippen LogP contribution is -2.06. The van der Waals surface area contributed by atoms with Crippen LogP contribution in [0.2, 0.25) is 0 Å². The van der Waals surface area contributed by atoms with E-state index in [1.54, 1.807) is 6.20 Å². The van der Waals surface area contributed by atoms with Crippen LogP contribution in [0, 0.1) is 6.92 Å². The smallest absolute Gasteiger partial charge is 0.493 e. The van der Waals surface area contributed by atoms with Gasteiger partial charge in [-0.3, -0.25) is 4.98 Å². The van der Waals surface area contributed by atoms with Crippen LogP contribution in [0.1, 0.15) is 17.5 Å². The standard InChI is InChI=1S/C28H24N2O4/c1-18-8-6-16-29-25(18)23-13-5-12-21-22(27(30-26(21)23)34-28(31)32)14-7-17-33-24-15-4-10-19-9-2-3-11-20(19)24/h2-6,8-13,15-16,30H,7,14,17H2,1H3,(H,31,32). The third kappa shape index (κ3) is 4.18. The number of aromatic amines is 1. The molecule has 0 fully saturated rings. The Kier molecular flexibility index (Phi) is 5.87. The highest BCUT2D eigenvalue weighted by molar-refractivity contribution is 5.97. The Hall–Kier alpha value is -4.32. The zero-order valence-corrected chi connectivity index (χ0v) is 18.7. The summed E-state index contributed by atoms with van der Waals surface area (Å²) in [4.78, 5) is 19.1. The third-order valence-electron chi connectivity index (χ3n) is 5.93. The van der Waals surface area contributed by atoms with E-state index in [4.69, 9.17) is 9.47 Å². The monoisotopic (exact) mass is 452 g/mol. The predicted molar refractivity (Wildman–Crippen MR) is 133 cm³/mol. The second-order valence-electron chi connectivity index (χ2n) is 8.13. The first-order valence-electron chi connectivity index (χ1n) is 11.2. The Bertz CT molecular complexity index is 1480. The van der Waals surface area contributed by atoms with Crippen LogP contribution in [0.5, 0.6) is 11.6 Å². The number of carbonyl (C=O) groups is 1. The molecule has 0 aliphatic rings. The number of hydrogen-bond donors (Lipinski definition) is 2. The second-order valence-corrected chi connectivity index (χ2v) is 8.13. The van der Waals surface area contributed by atoms with E-state index in [0.717, 1.165) is 49.8 Å². The molecule has 5 rings (SSSR count). The van der Waals surface area contributed by atoms with Crippen LogP contribution in [0.15, 0.2) is 79.0 Å². The zero-order valence-electron chi connectivity index (χ0n) is 18.7. The van der Waals surface area contributed by atoms with Crippen LogP contribution in [0.25, 0.3) is 32.9 Å². The molecule has 0 atom stereocenters. The zero-order chi connectivity index (χ0) is 23.5. The molecule has 0 amide bonds. The van der Waals surface area contributed by atoms with Gasteiger partial charge >= 0.3 is 6.16 Å². The normalized spacial score (nSPS) is 11.1. The SMILES string of the molecule is Cc1cccnc1-c1cccc2c(CCCOc3cccc4ccccc34)c(OC(=O)O)[nH]c12. The van der Waals surface area contributed by atoms with Crippen LogP contribution < -0.4 is 9.47 Å². The van der Waals surface area contributed by atoms with Crippen molar-refractivity contribution >= 4 is 27.8 Å². The van der Waals surface area contributed by atoms with Crippen LogP contribution >= 0.6 is 0 Å². The molecule has 0 saturated carbocycles. The summed E-state index contributed by atoms with van der Waals surface area (Å²) >= 11 is 0. The van der Waals surface area contributed by atoms with E-state index in [0.29, 0.717) is 19.4 Å². The van der Waals surface area contributed by atoms with Gasteiger partial charge in [0.15, 0.2) is 0 Å². The minimum absolute atomic E-state index is 0.244. The molecule has 6 heteroatoms. The molecule has 0 saturated heterocycles. The average Bonchev–Trinajstić information content (AvgIpc) is 3.18. The van der Waals surface area contributed by atoms with E-state index < -0.39 is 6.16 Å². The van der Waals surface area contributed by atoms with Crippen molar-refractivity contribution in [1.29, 1.82) is 0 Å². The maximum absolute atomic E-state index is 11.4. The summed E-state index contributed by atoms with van der Waals surface area (Å²) in [5.74, 6) is 1.08. The second kappa shape index (κ2) is 9.27. The summed E-state index contributed by atoms with van der Waals surface area (Å²) in [6, 6.07) is 23.9. The van der Waals surface area contributed by atoms with Gasteiger partial charge in [-0.2, -0.15) is 0 Å². The van der Waals surface area contributed by atoms with Crippen molar-refractivity contribution in [2.75, 3.05) is 6.61 Å². The summed E-state index contributed by atoms with van der Waals surface area (Å²) in [6.45, 7) is 2.50. The first-order valence-corrected chi connectivity index (χ1v) is 11.2. The molecule has 0 aliphatic carbocycles. The lowest BCUT2D eigenvalue weighted by atomic mass is 10.0. The van der Waals surface area contributed by atoms with Gasteiger partial charge in [-0.25, -0.2) is 4.79 Å². The molecule has 6 nitrogen and oxygen atoms in total. The van der Waals surface area contributed by atoms with Crippen LogP contribution in [0.3, 0.4) is 0 Å². The molecule has 2 heterocycles. The number of pyridine rings is 1. The maximum Gasteiger partial charge on any atom is 0.512 e. The molecule has 0 bridgehead atoms. The first kappa shape index (κ1) is 21.5. The molecular formula is C28H24N2O4. The molecule has 0 spiro atoms. The predicted octanol–water partition coefficient (Wildman–Crippen LogP) is 6.76. The van der Waals surface area contributed by atoms with Gasteiger partial charge in [0, 0.05) is 28.1 Å². The van der Waals surface area contributed by atoms with Crippen molar-refractivity contribution in [1.82, 2.24) is 9.97 Å². The lowest BCUT2D eigenvalue weighted by molar-refractivity contribution is 0.142. The Morgan fingerprint density at radius 3 is 2.62 bits per heavy atom. The van der Waals surface area contributed by atoms with Crippen molar-refractivity contribution in [3.63, 3.8) is 0 Å². The minimum atomic E-state index is -1.35. The van der Waals surface area contributed by atoms with Gasteiger partial charge in [0.1, 0.15) is 5.75 Å². The fourth-order valence-corrected chi connectivity index (χ4v) is 4.39. The number of hydrogen-bond acceptors (Lipinski definition) is 4. The van der Waals surface area contributed by atoms with E-state index >= 15 is 0 Å². The third-order valence-corrected chi connectivity index (χ3v) is 5.93. The van der Waals surface area contributed by atoms with E-state index in [2.05, 4.69) is 22.1 Å². The number of aromatic nitrogens is 2. The fourth-order valence-electron chi connectivity index (χ4n) is 4.39. The number of nitrogens with one attached hydrogen (secondary N) is 1. The largest absolute Gasteiger partial charge is 0.512 e. The molecular weight excluding hydrogens is 428 g/mol. The summed E-state index contributed by atoms with van der Waals surface area (Å²) < 4.78 is 11.2. The van der Waals surface area contributed by atoms with Gasteiger partial charge in [-0.1, -0.05) is 60.7 Å². The molecule has 34 heavy (non-hydrogen) atoms. The van der Waals surface area contributed by atoms with Gasteiger partial charge < -0.3 is 19.6 Å². The molecule has 3 aromatic carbocycles. The number of carboxylic acid groups (broad SMARTS) is 1. The van der Waals surface area contributed by atoms with Crippen molar-refractivity contribution in [3.05, 3.63) is 90.1 Å². The molecule has 2 aromatic heterocycles. The lowest BCUT2D eigenvalue weighted by Gasteiger charge is -2.10. The Morgan fingerprint density at radius 2 is 1.76 bits per heavy atom. The minimum Gasteiger partial charge on any atom is -0.493 e. The molecule has 5 aromatic rings. The highest BCUT2D eigenvalue weighted by Crippen LogP contribution is 2.36. The van der Waals surface area contributed by atoms with Crippen LogP contribution in [0.4, 0.5) is 4.79 Å². The Morgan fingerprint density at radius 1 is 0.971 bits per heavy atom. The number of nitrogens with zero attached hydrogens (tertiary/aromatic N) is 1. The number of H-pyrrole nitrogens is 1. The molecule has 0 aliphatic heterocycles. The maximum atomic E-state index is 11.4. The number of aryl methyl sites for hydroxylation is 2. The van der Waals surface area contributed by atoms with E-state index in [-0.39, 0.29) is 5.88 Å². The summed E-state index contributed by atoms with van der Waals surface area (Å²) in [7, 11) is 0. The first-order chi connectivity index (χ1) is 16.6. The van der Waals surface area contributed by atoms with E-state index in [1.807, 2.05) is 67.6 Å². The quantitative estimate of drug-likeness (QED) is 0.210. The van der Waals surface area contributed by atoms with E-state index in [9.17, 15) is 9.90 Å². The van der Waals surface area contributed by atoms with Gasteiger partial charge in [0.2, 0.25) is 5.88 Å². The van der Waals surface area contributed by atoms with Crippen LogP contribution in [-0.4, -0.2) is 27.8 Å². The number of benzene rings is 3. The molecule has 0 radical (unpaired) electrons. The average molecular weight is 453 g/mol. The number of para-hydroxylation sites is 1. The molecule has 0 unspecified atom stereocenters. The van der Waals surface area contributed by atoms with Crippen LogP contribution in [-0.2, 0) is 6.42 Å². The Labute approximate surface area is 196 Å². The van der Waals surface area contributed by atoms with Crippen molar-refractivity contribution in [3.8, 4) is 22.9 Å². The van der Waals surface area contributed by atoms with Gasteiger partial charge in [0.25, 0.3) is 0 Å². The van der Waals surface area contributed by atoms with Gasteiger partial charge in [-0.15, -0.1) is 0 Å². The molecule has 170 valence electrons. The number of rotatable bonds is 7. The van der Waals surface area contributed by atoms with Crippen molar-refractivity contribution < 1.29 is 19.4 Å². The molecule has 2 N–H and O–H groups in total. The van der Waals surface area contributed by atoms with E-state index in [1.165, 1.54) is 0 Å². The Balaban J connectivity index is 1.42.